The first-order chi connectivity index (χ1) is 8.24. The van der Waals surface area contributed by atoms with Crippen molar-refractivity contribution in [1.29, 1.82) is 0 Å². The molecule has 1 aromatic carbocycles. The van der Waals surface area contributed by atoms with Gasteiger partial charge < -0.3 is 9.40 Å². The molecule has 1 N–H and O–H groups in total. The largest absolute Gasteiger partial charge is 0.467 e. The zero-order valence-electron chi connectivity index (χ0n) is 8.81. The van der Waals surface area contributed by atoms with Crippen molar-refractivity contribution in [3.8, 4) is 0 Å². The predicted octanol–water partition coefficient (Wildman–Crippen LogP) is 2.62. The lowest BCUT2D eigenvalue weighted by Gasteiger charge is -2.00. The number of H-pyrrole nitrogens is 1. The molecule has 0 aliphatic carbocycles. The summed E-state index contributed by atoms with van der Waals surface area (Å²) in [5, 5.41) is 0.602. The first-order valence-electron chi connectivity index (χ1n) is 5.14. The van der Waals surface area contributed by atoms with Gasteiger partial charge in [0, 0.05) is 5.02 Å². The van der Waals surface area contributed by atoms with Gasteiger partial charge in [0.05, 0.1) is 23.8 Å². The Morgan fingerprint density at radius 1 is 1.35 bits per heavy atom. The topological polar surface area (TPSA) is 50.9 Å². The number of halogens is 1. The molecule has 0 aliphatic heterocycles. The van der Waals surface area contributed by atoms with E-state index in [4.69, 9.17) is 16.0 Å². The minimum absolute atomic E-state index is 0.168. The molecule has 3 rings (SSSR count). The van der Waals surface area contributed by atoms with Crippen LogP contribution in [0.4, 0.5) is 0 Å². The summed E-state index contributed by atoms with van der Waals surface area (Å²) in [4.78, 5) is 14.6. The molecule has 0 fully saturated rings. The summed E-state index contributed by atoms with van der Waals surface area (Å²) in [6.07, 6.45) is 1.59. The third-order valence-corrected chi connectivity index (χ3v) is 2.87. The van der Waals surface area contributed by atoms with E-state index in [0.29, 0.717) is 11.6 Å². The normalized spacial score (nSPS) is 11.1. The van der Waals surface area contributed by atoms with Crippen LogP contribution in [0.3, 0.4) is 0 Å². The zero-order valence-corrected chi connectivity index (χ0v) is 9.57. The summed E-state index contributed by atoms with van der Waals surface area (Å²) >= 11 is 5.93. The first-order valence-corrected chi connectivity index (χ1v) is 5.52. The molecule has 0 radical (unpaired) electrons. The second-order valence-corrected chi connectivity index (χ2v) is 4.19. The number of hydrogen-bond acceptors (Lipinski definition) is 2. The first kappa shape index (κ1) is 10.2. The Morgan fingerprint density at radius 2 is 2.24 bits per heavy atom. The minimum Gasteiger partial charge on any atom is -0.467 e. The smallest absolute Gasteiger partial charge is 0.326 e. The van der Waals surface area contributed by atoms with Crippen LogP contribution in [0, 0.1) is 0 Å². The molecule has 2 aromatic heterocycles. The van der Waals surface area contributed by atoms with E-state index >= 15 is 0 Å². The van der Waals surface area contributed by atoms with Crippen molar-refractivity contribution >= 4 is 22.6 Å². The number of aromatic nitrogens is 2. The quantitative estimate of drug-likeness (QED) is 0.758. The number of fused-ring (bicyclic) bond motifs is 1. The predicted molar refractivity (Wildman–Crippen MR) is 65.4 cm³/mol. The van der Waals surface area contributed by atoms with E-state index in [1.807, 2.05) is 6.07 Å². The summed E-state index contributed by atoms with van der Waals surface area (Å²) in [5.74, 6) is 0.730. The van der Waals surface area contributed by atoms with Crippen LogP contribution < -0.4 is 5.69 Å². The maximum Gasteiger partial charge on any atom is 0.326 e. The lowest BCUT2D eigenvalue weighted by atomic mass is 10.3. The Bertz CT molecular complexity index is 710. The molecule has 0 bridgehead atoms. The third kappa shape index (κ3) is 1.76. The van der Waals surface area contributed by atoms with Crippen LogP contribution in [-0.2, 0) is 6.54 Å². The van der Waals surface area contributed by atoms with E-state index in [-0.39, 0.29) is 5.69 Å². The van der Waals surface area contributed by atoms with Gasteiger partial charge in [-0.05, 0) is 30.3 Å². The number of aromatic amines is 1. The number of benzene rings is 1. The fourth-order valence-corrected chi connectivity index (χ4v) is 2.01. The Labute approximate surface area is 101 Å². The molecule has 0 saturated carbocycles. The third-order valence-electron chi connectivity index (χ3n) is 2.63. The Hall–Kier alpha value is -1.94. The van der Waals surface area contributed by atoms with Crippen LogP contribution in [0.15, 0.2) is 45.8 Å². The monoisotopic (exact) mass is 248 g/mol. The highest BCUT2D eigenvalue weighted by Gasteiger charge is 2.08. The standard InChI is InChI=1S/C12H9ClN2O2/c13-8-3-4-10-11(6-8)15(12(16)14-10)7-9-2-1-5-17-9/h1-6H,7H2,(H,14,16). The molecular formula is C12H9ClN2O2. The van der Waals surface area contributed by atoms with Crippen molar-refractivity contribution in [3.63, 3.8) is 0 Å². The summed E-state index contributed by atoms with van der Waals surface area (Å²) in [6.45, 7) is 0.395. The van der Waals surface area contributed by atoms with E-state index in [2.05, 4.69) is 4.98 Å². The van der Waals surface area contributed by atoms with E-state index in [9.17, 15) is 4.79 Å². The molecule has 4 nitrogen and oxygen atoms in total. The zero-order chi connectivity index (χ0) is 11.8. The highest BCUT2D eigenvalue weighted by Crippen LogP contribution is 2.17. The van der Waals surface area contributed by atoms with Gasteiger partial charge in [0.2, 0.25) is 0 Å². The highest BCUT2D eigenvalue weighted by molar-refractivity contribution is 6.31. The minimum atomic E-state index is -0.168. The molecule has 0 atom stereocenters. The average molecular weight is 249 g/mol. The van der Waals surface area contributed by atoms with Crippen molar-refractivity contribution in [1.82, 2.24) is 9.55 Å². The van der Waals surface area contributed by atoms with Gasteiger partial charge >= 0.3 is 5.69 Å². The van der Waals surface area contributed by atoms with Gasteiger partial charge in [-0.25, -0.2) is 4.79 Å². The lowest BCUT2D eigenvalue weighted by molar-refractivity contribution is 0.493. The van der Waals surface area contributed by atoms with E-state index in [0.717, 1.165) is 16.8 Å². The number of nitrogens with zero attached hydrogens (tertiary/aromatic N) is 1. The van der Waals surface area contributed by atoms with Crippen molar-refractivity contribution in [2.24, 2.45) is 0 Å². The molecular weight excluding hydrogens is 240 g/mol. The van der Waals surface area contributed by atoms with Gasteiger partial charge in [0.15, 0.2) is 0 Å². The molecule has 2 heterocycles. The maximum absolute atomic E-state index is 11.8. The second-order valence-electron chi connectivity index (χ2n) is 3.76. The Balaban J connectivity index is 2.17. The number of furan rings is 1. The summed E-state index contributed by atoms with van der Waals surface area (Å²) in [7, 11) is 0. The number of rotatable bonds is 2. The fourth-order valence-electron chi connectivity index (χ4n) is 1.84. The second kappa shape index (κ2) is 3.82. The summed E-state index contributed by atoms with van der Waals surface area (Å²) in [5.41, 5.74) is 1.38. The van der Waals surface area contributed by atoms with Crippen LogP contribution >= 0.6 is 11.6 Å². The Morgan fingerprint density at radius 3 is 3.00 bits per heavy atom. The SMILES string of the molecule is O=c1[nH]c2ccc(Cl)cc2n1Cc1ccco1. The number of nitrogens with one attached hydrogen (secondary N) is 1. The van der Waals surface area contributed by atoms with E-state index in [1.54, 1.807) is 35.1 Å². The van der Waals surface area contributed by atoms with E-state index in [1.165, 1.54) is 0 Å². The van der Waals surface area contributed by atoms with Gasteiger partial charge in [-0.3, -0.25) is 4.57 Å². The fraction of sp³-hybridized carbons (Fsp3) is 0.0833. The molecule has 0 spiro atoms. The maximum atomic E-state index is 11.8. The molecule has 0 unspecified atom stereocenters. The van der Waals surface area contributed by atoms with Gasteiger partial charge in [0.1, 0.15) is 5.76 Å². The van der Waals surface area contributed by atoms with Crippen molar-refractivity contribution in [2.45, 2.75) is 6.54 Å². The van der Waals surface area contributed by atoms with Crippen LogP contribution in [0.5, 0.6) is 0 Å². The molecule has 3 aromatic rings. The van der Waals surface area contributed by atoms with Crippen LogP contribution in [0.25, 0.3) is 11.0 Å². The van der Waals surface area contributed by atoms with Gasteiger partial charge in [-0.15, -0.1) is 0 Å². The molecule has 0 aliphatic rings. The average Bonchev–Trinajstić information content (AvgIpc) is 2.90. The number of imidazole rings is 1. The van der Waals surface area contributed by atoms with Gasteiger partial charge in [-0.1, -0.05) is 11.6 Å². The summed E-state index contributed by atoms with van der Waals surface area (Å²) in [6, 6.07) is 8.92. The molecule has 5 heteroatoms. The summed E-state index contributed by atoms with van der Waals surface area (Å²) < 4.78 is 6.83. The van der Waals surface area contributed by atoms with Gasteiger partial charge in [-0.2, -0.15) is 0 Å². The van der Waals surface area contributed by atoms with Crippen LogP contribution in [-0.4, -0.2) is 9.55 Å². The van der Waals surface area contributed by atoms with Crippen molar-refractivity contribution in [3.05, 3.63) is 57.9 Å². The highest BCUT2D eigenvalue weighted by atomic mass is 35.5. The van der Waals surface area contributed by atoms with Crippen LogP contribution in [0.1, 0.15) is 5.76 Å². The van der Waals surface area contributed by atoms with Crippen molar-refractivity contribution < 1.29 is 4.42 Å². The Kier molecular flexibility index (Phi) is 2.30. The molecule has 0 amide bonds. The molecule has 86 valence electrons. The lowest BCUT2D eigenvalue weighted by Crippen LogP contribution is -2.16. The molecule has 17 heavy (non-hydrogen) atoms. The van der Waals surface area contributed by atoms with Gasteiger partial charge in [0.25, 0.3) is 0 Å². The van der Waals surface area contributed by atoms with Crippen molar-refractivity contribution in [2.75, 3.05) is 0 Å². The van der Waals surface area contributed by atoms with Crippen LogP contribution in [0.2, 0.25) is 5.02 Å². The molecule has 0 saturated heterocycles. The van der Waals surface area contributed by atoms with E-state index < -0.39 is 0 Å². The number of hydrogen-bond donors (Lipinski definition) is 1.